The van der Waals surface area contributed by atoms with E-state index in [1.807, 2.05) is 12.1 Å². The molecule has 2 rings (SSSR count). The number of hydrogen-bond acceptors (Lipinski definition) is 2. The molecule has 2 aromatic carbocycles. The molecule has 0 bridgehead atoms. The minimum absolute atomic E-state index is 0.499. The van der Waals surface area contributed by atoms with Crippen LogP contribution in [-0.4, -0.2) is 19.6 Å². The Hall–Kier alpha value is -2.23. The Bertz CT molecular complexity index is 635. The minimum atomic E-state index is 0.499. The van der Waals surface area contributed by atoms with E-state index < -0.39 is 0 Å². The molecule has 0 aliphatic rings. The van der Waals surface area contributed by atoms with Crippen molar-refractivity contribution in [3.63, 3.8) is 0 Å². The van der Waals surface area contributed by atoms with Gasteiger partial charge in [0, 0.05) is 6.54 Å². The monoisotopic (exact) mass is 285 g/mol. The van der Waals surface area contributed by atoms with Crippen LogP contribution in [0.4, 0.5) is 0 Å². The minimum Gasteiger partial charge on any atom is -0.497 e. The maximum atomic E-state index is 5.84. The van der Waals surface area contributed by atoms with Crippen LogP contribution < -0.4 is 15.8 Å². The Balaban J connectivity index is 2.07. The third kappa shape index (κ3) is 4.38. The predicted octanol–water partition coefficient (Wildman–Crippen LogP) is 2.91. The van der Waals surface area contributed by atoms with E-state index >= 15 is 0 Å². The lowest BCUT2D eigenvalue weighted by Crippen LogP contribution is -2.34. The molecule has 0 aromatic heterocycles. The fraction of sp³-hybridized carbons (Fsp3) is 0.353. The molecule has 0 heterocycles. The van der Waals surface area contributed by atoms with Gasteiger partial charge in [0.15, 0.2) is 5.96 Å². The van der Waals surface area contributed by atoms with Gasteiger partial charge in [-0.3, -0.25) is 0 Å². The molecule has 0 amide bonds. The first-order valence-corrected chi connectivity index (χ1v) is 7.19. The van der Waals surface area contributed by atoms with Crippen molar-refractivity contribution in [3.05, 3.63) is 42.0 Å². The predicted molar refractivity (Wildman–Crippen MR) is 88.7 cm³/mol. The summed E-state index contributed by atoms with van der Waals surface area (Å²) in [6.07, 6.45) is 0. The lowest BCUT2D eigenvalue weighted by Gasteiger charge is -2.08. The highest BCUT2D eigenvalue weighted by Gasteiger charge is 2.00. The molecule has 4 nitrogen and oxygen atoms in total. The molecule has 21 heavy (non-hydrogen) atoms. The first kappa shape index (κ1) is 15.2. The van der Waals surface area contributed by atoms with Crippen LogP contribution >= 0.6 is 0 Å². The van der Waals surface area contributed by atoms with Gasteiger partial charge in [-0.2, -0.15) is 0 Å². The first-order valence-electron chi connectivity index (χ1n) is 7.19. The van der Waals surface area contributed by atoms with Gasteiger partial charge in [0.2, 0.25) is 0 Å². The maximum Gasteiger partial charge on any atom is 0.188 e. The highest BCUT2D eigenvalue weighted by Crippen LogP contribution is 2.22. The molecule has 0 spiro atoms. The molecule has 0 atom stereocenters. The number of methoxy groups -OCH3 is 1. The van der Waals surface area contributed by atoms with Crippen molar-refractivity contribution in [1.29, 1.82) is 0 Å². The molecule has 0 saturated carbocycles. The van der Waals surface area contributed by atoms with Gasteiger partial charge in [-0.05, 0) is 40.5 Å². The van der Waals surface area contributed by atoms with Gasteiger partial charge in [0.05, 0.1) is 13.7 Å². The molecule has 0 aliphatic heterocycles. The van der Waals surface area contributed by atoms with E-state index in [2.05, 4.69) is 48.4 Å². The van der Waals surface area contributed by atoms with E-state index in [9.17, 15) is 0 Å². The zero-order chi connectivity index (χ0) is 15.2. The van der Waals surface area contributed by atoms with Crippen molar-refractivity contribution in [1.82, 2.24) is 5.32 Å². The van der Waals surface area contributed by atoms with E-state index in [0.717, 1.165) is 23.2 Å². The Kier molecular flexibility index (Phi) is 5.04. The van der Waals surface area contributed by atoms with Gasteiger partial charge in [-0.1, -0.05) is 32.0 Å². The third-order valence-electron chi connectivity index (χ3n) is 3.24. The largest absolute Gasteiger partial charge is 0.497 e. The Morgan fingerprint density at radius 1 is 1.19 bits per heavy atom. The SMILES string of the molecule is COc1ccc2cc(CN=C(N)NCC(C)C)ccc2c1. The summed E-state index contributed by atoms with van der Waals surface area (Å²) >= 11 is 0. The summed E-state index contributed by atoms with van der Waals surface area (Å²) in [4.78, 5) is 4.37. The summed E-state index contributed by atoms with van der Waals surface area (Å²) in [5, 5.41) is 5.45. The van der Waals surface area contributed by atoms with Crippen molar-refractivity contribution in [2.45, 2.75) is 20.4 Å². The summed E-state index contributed by atoms with van der Waals surface area (Å²) in [6.45, 7) is 5.70. The maximum absolute atomic E-state index is 5.84. The molecule has 3 N–H and O–H groups in total. The highest BCUT2D eigenvalue weighted by atomic mass is 16.5. The summed E-state index contributed by atoms with van der Waals surface area (Å²) in [6, 6.07) is 12.3. The Morgan fingerprint density at radius 3 is 2.62 bits per heavy atom. The van der Waals surface area contributed by atoms with E-state index in [4.69, 9.17) is 10.5 Å². The average Bonchev–Trinajstić information content (AvgIpc) is 2.50. The van der Waals surface area contributed by atoms with Gasteiger partial charge in [-0.15, -0.1) is 0 Å². The quantitative estimate of drug-likeness (QED) is 0.656. The van der Waals surface area contributed by atoms with Crippen LogP contribution in [-0.2, 0) is 6.54 Å². The van der Waals surface area contributed by atoms with Crippen LogP contribution in [0, 0.1) is 5.92 Å². The molecule has 4 heteroatoms. The van der Waals surface area contributed by atoms with Gasteiger partial charge in [0.25, 0.3) is 0 Å². The number of ether oxygens (including phenoxy) is 1. The van der Waals surface area contributed by atoms with Gasteiger partial charge in [-0.25, -0.2) is 4.99 Å². The van der Waals surface area contributed by atoms with E-state index in [1.165, 1.54) is 5.39 Å². The number of hydrogen-bond donors (Lipinski definition) is 2. The second-order valence-electron chi connectivity index (χ2n) is 5.52. The lowest BCUT2D eigenvalue weighted by atomic mass is 10.1. The summed E-state index contributed by atoms with van der Waals surface area (Å²) in [5.41, 5.74) is 6.98. The van der Waals surface area contributed by atoms with Crippen molar-refractivity contribution in [2.24, 2.45) is 16.6 Å². The number of benzene rings is 2. The molecule has 0 aliphatic carbocycles. The Morgan fingerprint density at radius 2 is 1.90 bits per heavy atom. The van der Waals surface area contributed by atoms with Crippen molar-refractivity contribution in [3.8, 4) is 5.75 Å². The molecule has 2 aromatic rings. The topological polar surface area (TPSA) is 59.6 Å². The van der Waals surface area contributed by atoms with Crippen molar-refractivity contribution < 1.29 is 4.74 Å². The summed E-state index contributed by atoms with van der Waals surface area (Å²) in [7, 11) is 1.68. The molecule has 0 fully saturated rings. The zero-order valence-corrected chi connectivity index (χ0v) is 12.9. The lowest BCUT2D eigenvalue weighted by molar-refractivity contribution is 0.415. The smallest absolute Gasteiger partial charge is 0.188 e. The first-order chi connectivity index (χ1) is 10.1. The zero-order valence-electron chi connectivity index (χ0n) is 12.9. The van der Waals surface area contributed by atoms with E-state index in [0.29, 0.717) is 18.4 Å². The van der Waals surface area contributed by atoms with Gasteiger partial charge >= 0.3 is 0 Å². The molecule has 0 radical (unpaired) electrons. The third-order valence-corrected chi connectivity index (χ3v) is 3.24. The van der Waals surface area contributed by atoms with Gasteiger partial charge in [0.1, 0.15) is 5.75 Å². The second-order valence-corrected chi connectivity index (χ2v) is 5.52. The van der Waals surface area contributed by atoms with E-state index in [-0.39, 0.29) is 0 Å². The van der Waals surface area contributed by atoms with Crippen LogP contribution in [0.15, 0.2) is 41.4 Å². The molecule has 0 unspecified atom stereocenters. The number of fused-ring (bicyclic) bond motifs is 1. The van der Waals surface area contributed by atoms with Crippen molar-refractivity contribution in [2.75, 3.05) is 13.7 Å². The van der Waals surface area contributed by atoms with Crippen LogP contribution in [0.25, 0.3) is 10.8 Å². The fourth-order valence-electron chi connectivity index (χ4n) is 2.04. The molecular formula is C17H23N3O. The number of nitrogens with two attached hydrogens (primary N) is 1. The molecular weight excluding hydrogens is 262 g/mol. The molecule has 0 saturated heterocycles. The second kappa shape index (κ2) is 6.97. The van der Waals surface area contributed by atoms with Crippen LogP contribution in [0.5, 0.6) is 5.75 Å². The number of nitrogens with one attached hydrogen (secondary N) is 1. The average molecular weight is 285 g/mol. The number of rotatable bonds is 5. The molecule has 112 valence electrons. The summed E-state index contributed by atoms with van der Waals surface area (Å²) in [5.74, 6) is 1.92. The van der Waals surface area contributed by atoms with Crippen LogP contribution in [0.2, 0.25) is 0 Å². The standard InChI is InChI=1S/C17H23N3O/c1-12(2)10-19-17(18)20-11-13-4-5-15-9-16(21-3)7-6-14(15)8-13/h4-9,12H,10-11H2,1-3H3,(H3,18,19,20). The van der Waals surface area contributed by atoms with Crippen molar-refractivity contribution >= 4 is 16.7 Å². The fourth-order valence-corrected chi connectivity index (χ4v) is 2.04. The van der Waals surface area contributed by atoms with Crippen LogP contribution in [0.3, 0.4) is 0 Å². The number of aliphatic imine (C=N–C) groups is 1. The highest BCUT2D eigenvalue weighted by molar-refractivity contribution is 5.84. The van der Waals surface area contributed by atoms with Crippen LogP contribution in [0.1, 0.15) is 19.4 Å². The normalized spacial score (nSPS) is 11.9. The van der Waals surface area contributed by atoms with Gasteiger partial charge < -0.3 is 15.8 Å². The Labute approximate surface area is 126 Å². The number of nitrogens with zero attached hydrogens (tertiary/aromatic N) is 1. The summed E-state index contributed by atoms with van der Waals surface area (Å²) < 4.78 is 5.23. The number of guanidine groups is 1. The van der Waals surface area contributed by atoms with E-state index in [1.54, 1.807) is 7.11 Å².